The predicted octanol–water partition coefficient (Wildman–Crippen LogP) is 2.82. The number of ether oxygens (including phenoxy) is 1. The van der Waals surface area contributed by atoms with E-state index in [1.807, 2.05) is 32.2 Å². The Kier molecular flexibility index (Phi) is 4.10. The highest BCUT2D eigenvalue weighted by atomic mass is 35.5. The number of hydrogen-bond donors (Lipinski definition) is 0. The van der Waals surface area contributed by atoms with Crippen LogP contribution < -0.4 is 4.74 Å². The molecule has 0 spiro atoms. The SMILES string of the molecule is CCOc1nc(Cl)ncc1Cc1ccc(C)nc1. The molecule has 4 nitrogen and oxygen atoms in total. The van der Waals surface area contributed by atoms with Crippen LogP contribution in [0.1, 0.15) is 23.7 Å². The second kappa shape index (κ2) is 5.78. The van der Waals surface area contributed by atoms with Gasteiger partial charge in [0.25, 0.3) is 0 Å². The molecule has 2 aromatic rings. The molecule has 0 atom stereocenters. The fourth-order valence-electron chi connectivity index (χ4n) is 1.58. The molecule has 0 fully saturated rings. The molecule has 0 radical (unpaired) electrons. The van der Waals surface area contributed by atoms with Crippen LogP contribution in [-0.2, 0) is 6.42 Å². The minimum absolute atomic E-state index is 0.198. The summed E-state index contributed by atoms with van der Waals surface area (Å²) in [7, 11) is 0. The van der Waals surface area contributed by atoms with Crippen LogP contribution in [0.3, 0.4) is 0 Å². The van der Waals surface area contributed by atoms with Gasteiger partial charge in [0.05, 0.1) is 6.61 Å². The van der Waals surface area contributed by atoms with Crippen molar-refractivity contribution in [1.82, 2.24) is 15.0 Å². The Morgan fingerprint density at radius 2 is 2.06 bits per heavy atom. The molecule has 0 aliphatic rings. The third kappa shape index (κ3) is 3.17. The number of hydrogen-bond acceptors (Lipinski definition) is 4. The van der Waals surface area contributed by atoms with Crippen LogP contribution in [0.4, 0.5) is 0 Å². The van der Waals surface area contributed by atoms with E-state index in [9.17, 15) is 0 Å². The Morgan fingerprint density at radius 1 is 1.22 bits per heavy atom. The molecule has 0 amide bonds. The van der Waals surface area contributed by atoms with E-state index in [4.69, 9.17) is 16.3 Å². The van der Waals surface area contributed by atoms with Crippen molar-refractivity contribution in [2.75, 3.05) is 6.61 Å². The van der Waals surface area contributed by atoms with Crippen LogP contribution in [0.5, 0.6) is 5.88 Å². The first-order valence-electron chi connectivity index (χ1n) is 5.74. The van der Waals surface area contributed by atoms with E-state index in [0.717, 1.165) is 16.8 Å². The molecule has 0 saturated heterocycles. The van der Waals surface area contributed by atoms with Gasteiger partial charge in [0.2, 0.25) is 11.2 Å². The van der Waals surface area contributed by atoms with E-state index in [1.54, 1.807) is 6.20 Å². The molecule has 0 aliphatic carbocycles. The maximum atomic E-state index is 5.76. The molecule has 0 aromatic carbocycles. The number of nitrogens with zero attached hydrogens (tertiary/aromatic N) is 3. The molecule has 0 N–H and O–H groups in total. The number of aryl methyl sites for hydroxylation is 1. The monoisotopic (exact) mass is 263 g/mol. The Balaban J connectivity index is 2.25. The highest BCUT2D eigenvalue weighted by molar-refractivity contribution is 6.28. The van der Waals surface area contributed by atoms with E-state index >= 15 is 0 Å². The fourth-order valence-corrected chi connectivity index (χ4v) is 1.70. The molecular formula is C13H14ClN3O. The molecule has 0 bridgehead atoms. The highest BCUT2D eigenvalue weighted by Gasteiger charge is 2.08. The molecule has 2 rings (SSSR count). The number of rotatable bonds is 4. The van der Waals surface area contributed by atoms with Gasteiger partial charge in [0.15, 0.2) is 0 Å². The van der Waals surface area contributed by atoms with Crippen molar-refractivity contribution in [2.24, 2.45) is 0 Å². The smallest absolute Gasteiger partial charge is 0.225 e. The van der Waals surface area contributed by atoms with Crippen molar-refractivity contribution >= 4 is 11.6 Å². The van der Waals surface area contributed by atoms with Crippen molar-refractivity contribution in [1.29, 1.82) is 0 Å². The average Bonchev–Trinajstić information content (AvgIpc) is 2.36. The summed E-state index contributed by atoms with van der Waals surface area (Å²) in [6.07, 6.45) is 4.22. The lowest BCUT2D eigenvalue weighted by Gasteiger charge is -2.08. The lowest BCUT2D eigenvalue weighted by Crippen LogP contribution is -2.02. The van der Waals surface area contributed by atoms with Crippen LogP contribution in [-0.4, -0.2) is 21.6 Å². The number of aromatic nitrogens is 3. The minimum atomic E-state index is 0.198. The Hall–Kier alpha value is -1.68. The van der Waals surface area contributed by atoms with Crippen LogP contribution in [0.15, 0.2) is 24.5 Å². The molecule has 2 heterocycles. The van der Waals surface area contributed by atoms with Crippen molar-refractivity contribution < 1.29 is 4.74 Å². The van der Waals surface area contributed by atoms with Gasteiger partial charge in [0.1, 0.15) is 0 Å². The zero-order valence-electron chi connectivity index (χ0n) is 10.4. The topological polar surface area (TPSA) is 47.9 Å². The van der Waals surface area contributed by atoms with Crippen molar-refractivity contribution in [3.63, 3.8) is 0 Å². The highest BCUT2D eigenvalue weighted by Crippen LogP contribution is 2.20. The molecule has 0 aliphatic heterocycles. The van der Waals surface area contributed by atoms with E-state index in [2.05, 4.69) is 15.0 Å². The van der Waals surface area contributed by atoms with Crippen molar-refractivity contribution in [3.8, 4) is 5.88 Å². The zero-order valence-corrected chi connectivity index (χ0v) is 11.1. The van der Waals surface area contributed by atoms with Gasteiger partial charge in [-0.3, -0.25) is 4.98 Å². The first-order valence-corrected chi connectivity index (χ1v) is 6.12. The van der Waals surface area contributed by atoms with Crippen molar-refractivity contribution in [2.45, 2.75) is 20.3 Å². The second-order valence-corrected chi connectivity index (χ2v) is 4.23. The standard InChI is InChI=1S/C13H14ClN3O/c1-3-18-12-11(8-16-13(14)17-12)6-10-5-4-9(2)15-7-10/h4-5,7-8H,3,6H2,1-2H3. The normalized spacial score (nSPS) is 10.4. The van der Waals surface area contributed by atoms with Crippen LogP contribution in [0, 0.1) is 6.92 Å². The number of pyridine rings is 1. The summed E-state index contributed by atoms with van der Waals surface area (Å²) in [5, 5.41) is 0.198. The summed E-state index contributed by atoms with van der Waals surface area (Å²) in [6, 6.07) is 4.01. The maximum Gasteiger partial charge on any atom is 0.225 e. The summed E-state index contributed by atoms with van der Waals surface area (Å²) in [4.78, 5) is 12.3. The Morgan fingerprint density at radius 3 is 2.72 bits per heavy atom. The van der Waals surface area contributed by atoms with E-state index in [1.165, 1.54) is 0 Å². The van der Waals surface area contributed by atoms with E-state index < -0.39 is 0 Å². The predicted molar refractivity (Wildman–Crippen MR) is 70.0 cm³/mol. The van der Waals surface area contributed by atoms with E-state index in [-0.39, 0.29) is 5.28 Å². The average molecular weight is 264 g/mol. The van der Waals surface area contributed by atoms with Gasteiger partial charge in [0, 0.05) is 30.1 Å². The maximum absolute atomic E-state index is 5.76. The molecule has 0 unspecified atom stereocenters. The quantitative estimate of drug-likeness (QED) is 0.796. The van der Waals surface area contributed by atoms with Gasteiger partial charge < -0.3 is 4.74 Å². The molecular weight excluding hydrogens is 250 g/mol. The first-order chi connectivity index (χ1) is 8.69. The summed E-state index contributed by atoms with van der Waals surface area (Å²) in [6.45, 7) is 4.42. The third-order valence-corrected chi connectivity index (χ3v) is 2.63. The largest absolute Gasteiger partial charge is 0.478 e. The summed E-state index contributed by atoms with van der Waals surface area (Å²) >= 11 is 5.76. The molecule has 2 aromatic heterocycles. The molecule has 5 heteroatoms. The molecule has 0 saturated carbocycles. The van der Waals surface area contributed by atoms with Gasteiger partial charge >= 0.3 is 0 Å². The number of halogens is 1. The minimum Gasteiger partial charge on any atom is -0.478 e. The first kappa shape index (κ1) is 12.8. The Labute approximate surface area is 111 Å². The van der Waals surface area contributed by atoms with Crippen LogP contribution in [0.25, 0.3) is 0 Å². The summed E-state index contributed by atoms with van der Waals surface area (Å²) in [5.41, 5.74) is 3.00. The molecule has 94 valence electrons. The Bertz CT molecular complexity index is 528. The van der Waals surface area contributed by atoms with Gasteiger partial charge in [-0.15, -0.1) is 0 Å². The summed E-state index contributed by atoms with van der Waals surface area (Å²) < 4.78 is 5.46. The third-order valence-electron chi connectivity index (χ3n) is 2.44. The van der Waals surface area contributed by atoms with Gasteiger partial charge in [-0.05, 0) is 37.1 Å². The summed E-state index contributed by atoms with van der Waals surface area (Å²) in [5.74, 6) is 0.540. The molecule has 18 heavy (non-hydrogen) atoms. The van der Waals surface area contributed by atoms with Crippen LogP contribution in [0.2, 0.25) is 5.28 Å². The van der Waals surface area contributed by atoms with Crippen molar-refractivity contribution in [3.05, 3.63) is 46.6 Å². The van der Waals surface area contributed by atoms with Crippen LogP contribution >= 0.6 is 11.6 Å². The van der Waals surface area contributed by atoms with Gasteiger partial charge in [-0.1, -0.05) is 6.07 Å². The zero-order chi connectivity index (χ0) is 13.0. The van der Waals surface area contributed by atoms with Gasteiger partial charge in [-0.2, -0.15) is 4.98 Å². The fraction of sp³-hybridized carbons (Fsp3) is 0.308. The van der Waals surface area contributed by atoms with Gasteiger partial charge in [-0.25, -0.2) is 4.98 Å². The lowest BCUT2D eigenvalue weighted by atomic mass is 10.1. The lowest BCUT2D eigenvalue weighted by molar-refractivity contribution is 0.322. The second-order valence-electron chi connectivity index (χ2n) is 3.89. The van der Waals surface area contributed by atoms with E-state index in [0.29, 0.717) is 18.9 Å².